The summed E-state index contributed by atoms with van der Waals surface area (Å²) in [6.45, 7) is 0. The zero-order valence-corrected chi connectivity index (χ0v) is 9.59. The quantitative estimate of drug-likeness (QED) is 0.613. The fourth-order valence-corrected chi connectivity index (χ4v) is 1.84. The van der Waals surface area contributed by atoms with Gasteiger partial charge < -0.3 is 5.11 Å². The van der Waals surface area contributed by atoms with E-state index in [1.807, 2.05) is 0 Å². The fraction of sp³-hybridized carbons (Fsp3) is 0.300. The number of nitrogens with zero attached hydrogens (tertiary/aromatic N) is 3. The Morgan fingerprint density at radius 2 is 1.59 bits per heavy atom. The lowest BCUT2D eigenvalue weighted by molar-refractivity contribution is 0.477. The molecule has 0 aromatic carbocycles. The van der Waals surface area contributed by atoms with Crippen LogP contribution in [0.2, 0.25) is 0 Å². The molecule has 2 rings (SSSR count). The van der Waals surface area contributed by atoms with Crippen LogP contribution in [0, 0.1) is 0 Å². The van der Waals surface area contributed by atoms with Crippen molar-refractivity contribution < 1.29 is 5.11 Å². The molecule has 2 heterocycles. The van der Waals surface area contributed by atoms with Crippen LogP contribution in [0.15, 0.2) is 20.4 Å². The summed E-state index contributed by atoms with van der Waals surface area (Å²) in [5, 5.41) is 9.61. The molecule has 2 aromatic rings. The Hall–Kier alpha value is -2.31. The van der Waals surface area contributed by atoms with E-state index in [1.54, 1.807) is 0 Å². The Kier molecular flexibility index (Phi) is 2.20. The molecule has 1 N–H and O–H groups in total. The van der Waals surface area contributed by atoms with Gasteiger partial charge in [0.05, 0.1) is 0 Å². The molecule has 0 saturated carbocycles. The number of hydrogen-bond acceptors (Lipinski definition) is 4. The maximum Gasteiger partial charge on any atom is 0.332 e. The highest BCUT2D eigenvalue weighted by atomic mass is 16.3. The molecule has 0 aliphatic rings. The summed E-state index contributed by atoms with van der Waals surface area (Å²) in [5.41, 5.74) is -1.57. The fourth-order valence-electron chi connectivity index (χ4n) is 1.84. The minimum atomic E-state index is -0.629. The summed E-state index contributed by atoms with van der Waals surface area (Å²) >= 11 is 0. The lowest BCUT2D eigenvalue weighted by Gasteiger charge is -2.11. The monoisotopic (exact) mass is 237 g/mol. The minimum Gasteiger partial charge on any atom is -0.507 e. The second-order valence-electron chi connectivity index (χ2n) is 3.83. The van der Waals surface area contributed by atoms with Gasteiger partial charge in [0.2, 0.25) is 0 Å². The van der Waals surface area contributed by atoms with Crippen LogP contribution < -0.4 is 16.8 Å². The summed E-state index contributed by atoms with van der Waals surface area (Å²) in [4.78, 5) is 35.1. The van der Waals surface area contributed by atoms with Crippen molar-refractivity contribution in [2.24, 2.45) is 21.1 Å². The standard InChI is InChI=1S/C10H11N3O4/c1-11-6(15)4-5(14)7-8(11)12(2)10(17)13(3)9(7)16/h4,14H,1-3H3. The van der Waals surface area contributed by atoms with Crippen LogP contribution in [0.3, 0.4) is 0 Å². The van der Waals surface area contributed by atoms with Gasteiger partial charge in [0, 0.05) is 27.2 Å². The zero-order chi connectivity index (χ0) is 12.9. The van der Waals surface area contributed by atoms with Gasteiger partial charge in [-0.15, -0.1) is 0 Å². The predicted octanol–water partition coefficient (Wildman–Crippen LogP) is -1.36. The molecule has 0 unspecified atom stereocenters. The molecule has 0 aliphatic heterocycles. The minimum absolute atomic E-state index is 0.0447. The van der Waals surface area contributed by atoms with Gasteiger partial charge in [0.15, 0.2) is 0 Å². The molecular formula is C10H11N3O4. The van der Waals surface area contributed by atoms with E-state index >= 15 is 0 Å². The van der Waals surface area contributed by atoms with Crippen LogP contribution >= 0.6 is 0 Å². The van der Waals surface area contributed by atoms with E-state index in [0.29, 0.717) is 0 Å². The van der Waals surface area contributed by atoms with E-state index in [2.05, 4.69) is 0 Å². The molecular weight excluding hydrogens is 226 g/mol. The molecule has 90 valence electrons. The SMILES string of the molecule is Cn1c(=O)c2c(O)cc(=O)n(C)c2n(C)c1=O. The van der Waals surface area contributed by atoms with Gasteiger partial charge in [0.1, 0.15) is 16.8 Å². The lowest BCUT2D eigenvalue weighted by Crippen LogP contribution is -2.39. The molecule has 17 heavy (non-hydrogen) atoms. The van der Waals surface area contributed by atoms with Gasteiger partial charge in [-0.2, -0.15) is 0 Å². The smallest absolute Gasteiger partial charge is 0.332 e. The maximum absolute atomic E-state index is 11.9. The summed E-state index contributed by atoms with van der Waals surface area (Å²) in [6.07, 6.45) is 0. The predicted molar refractivity (Wildman–Crippen MR) is 61.3 cm³/mol. The van der Waals surface area contributed by atoms with Crippen LogP contribution in [-0.2, 0) is 21.1 Å². The van der Waals surface area contributed by atoms with Crippen molar-refractivity contribution in [2.75, 3.05) is 0 Å². The Morgan fingerprint density at radius 3 is 2.18 bits per heavy atom. The summed E-state index contributed by atoms with van der Waals surface area (Å²) < 4.78 is 3.18. The van der Waals surface area contributed by atoms with Gasteiger partial charge in [-0.05, 0) is 0 Å². The Balaban J connectivity index is 3.36. The molecule has 2 aromatic heterocycles. The van der Waals surface area contributed by atoms with E-state index in [0.717, 1.165) is 19.8 Å². The Bertz CT molecular complexity index is 794. The topological polar surface area (TPSA) is 86.2 Å². The second-order valence-corrected chi connectivity index (χ2v) is 3.83. The molecule has 0 saturated heterocycles. The van der Waals surface area contributed by atoms with Gasteiger partial charge >= 0.3 is 5.69 Å². The number of rotatable bonds is 0. The third-order valence-electron chi connectivity index (χ3n) is 2.80. The largest absolute Gasteiger partial charge is 0.507 e. The van der Waals surface area contributed by atoms with Gasteiger partial charge in [-0.25, -0.2) is 4.79 Å². The van der Waals surface area contributed by atoms with E-state index in [9.17, 15) is 19.5 Å². The van der Waals surface area contributed by atoms with Crippen molar-refractivity contribution in [1.82, 2.24) is 13.7 Å². The number of pyridine rings is 1. The first kappa shape index (κ1) is 11.2. The van der Waals surface area contributed by atoms with Crippen molar-refractivity contribution in [3.8, 4) is 5.75 Å². The Labute approximate surface area is 94.8 Å². The van der Waals surface area contributed by atoms with Crippen molar-refractivity contribution >= 4 is 11.0 Å². The molecule has 0 atom stereocenters. The molecule has 0 aliphatic carbocycles. The van der Waals surface area contributed by atoms with Gasteiger partial charge in [-0.1, -0.05) is 0 Å². The van der Waals surface area contributed by atoms with Crippen molar-refractivity contribution in [1.29, 1.82) is 0 Å². The van der Waals surface area contributed by atoms with E-state index in [4.69, 9.17) is 0 Å². The Morgan fingerprint density at radius 1 is 1.00 bits per heavy atom. The molecule has 0 amide bonds. The van der Waals surface area contributed by atoms with E-state index < -0.39 is 22.6 Å². The first-order valence-electron chi connectivity index (χ1n) is 4.85. The van der Waals surface area contributed by atoms with Crippen LogP contribution in [0.1, 0.15) is 0 Å². The molecule has 7 heteroatoms. The lowest BCUT2D eigenvalue weighted by atomic mass is 10.3. The van der Waals surface area contributed by atoms with Crippen LogP contribution in [0.25, 0.3) is 11.0 Å². The number of hydrogen-bond donors (Lipinski definition) is 1. The molecule has 0 radical (unpaired) electrons. The number of aromatic nitrogens is 3. The first-order chi connectivity index (χ1) is 7.86. The summed E-state index contributed by atoms with van der Waals surface area (Å²) in [7, 11) is 4.18. The normalized spacial score (nSPS) is 11.0. The third kappa shape index (κ3) is 1.32. The molecule has 0 spiro atoms. The van der Waals surface area contributed by atoms with Gasteiger partial charge in [0.25, 0.3) is 11.1 Å². The summed E-state index contributed by atoms with van der Waals surface area (Å²) in [6, 6.07) is 0.953. The number of aryl methyl sites for hydroxylation is 2. The maximum atomic E-state index is 11.9. The van der Waals surface area contributed by atoms with Crippen LogP contribution in [0.5, 0.6) is 5.75 Å². The van der Waals surface area contributed by atoms with Crippen molar-refractivity contribution in [2.45, 2.75) is 0 Å². The highest BCUT2D eigenvalue weighted by Gasteiger charge is 2.15. The average molecular weight is 237 g/mol. The molecule has 0 bridgehead atoms. The number of fused-ring (bicyclic) bond motifs is 1. The average Bonchev–Trinajstić information content (AvgIpc) is 2.28. The highest BCUT2D eigenvalue weighted by molar-refractivity contribution is 5.81. The number of aromatic hydroxyl groups is 1. The third-order valence-corrected chi connectivity index (χ3v) is 2.80. The van der Waals surface area contributed by atoms with Crippen LogP contribution in [-0.4, -0.2) is 18.8 Å². The van der Waals surface area contributed by atoms with Crippen molar-refractivity contribution in [3.05, 3.63) is 37.3 Å². The van der Waals surface area contributed by atoms with E-state index in [1.165, 1.54) is 21.1 Å². The first-order valence-corrected chi connectivity index (χ1v) is 4.85. The van der Waals surface area contributed by atoms with Crippen LogP contribution in [0.4, 0.5) is 0 Å². The molecule has 7 nitrogen and oxygen atoms in total. The van der Waals surface area contributed by atoms with Gasteiger partial charge in [-0.3, -0.25) is 23.3 Å². The summed E-state index contributed by atoms with van der Waals surface area (Å²) in [5.74, 6) is -0.417. The zero-order valence-electron chi connectivity index (χ0n) is 9.59. The molecule has 0 fully saturated rings. The highest BCUT2D eigenvalue weighted by Crippen LogP contribution is 2.15. The second kappa shape index (κ2) is 3.34. The van der Waals surface area contributed by atoms with Crippen molar-refractivity contribution in [3.63, 3.8) is 0 Å². The van der Waals surface area contributed by atoms with E-state index in [-0.39, 0.29) is 11.0 Å².